The van der Waals surface area contributed by atoms with Crippen molar-refractivity contribution in [3.63, 3.8) is 0 Å². The minimum Gasteiger partial charge on any atom is -0.480 e. The van der Waals surface area contributed by atoms with E-state index in [4.69, 9.17) is 9.84 Å². The van der Waals surface area contributed by atoms with E-state index >= 15 is 0 Å². The van der Waals surface area contributed by atoms with Crippen LogP contribution in [0, 0.1) is 0 Å². The first-order valence-electron chi connectivity index (χ1n) is 6.51. The Morgan fingerprint density at radius 3 is 2.80 bits per heavy atom. The van der Waals surface area contributed by atoms with Crippen molar-refractivity contribution in [2.75, 3.05) is 24.6 Å². The van der Waals surface area contributed by atoms with Crippen LogP contribution in [0.5, 0.6) is 0 Å². The molecule has 1 aromatic rings. The standard InChI is InChI=1S/C13H19N3O4/c1-9(12(18)19)16-11(17)6-10(7-14-16)15-4-5-20-13(2,3)8-15/h6-7,9H,4-5,8H2,1-3H3,(H,18,19). The Bertz CT molecular complexity index is 567. The highest BCUT2D eigenvalue weighted by atomic mass is 16.5. The third-order valence-electron chi connectivity index (χ3n) is 3.33. The van der Waals surface area contributed by atoms with Crippen molar-refractivity contribution in [1.29, 1.82) is 0 Å². The normalized spacial score (nSPS) is 19.6. The molecule has 0 bridgehead atoms. The smallest absolute Gasteiger partial charge is 0.328 e. The Morgan fingerprint density at radius 1 is 1.55 bits per heavy atom. The van der Waals surface area contributed by atoms with E-state index in [2.05, 4.69) is 5.10 Å². The maximum Gasteiger partial charge on any atom is 0.328 e. The number of carboxylic acids is 1. The van der Waals surface area contributed by atoms with Gasteiger partial charge >= 0.3 is 5.97 Å². The lowest BCUT2D eigenvalue weighted by atomic mass is 10.1. The van der Waals surface area contributed by atoms with Gasteiger partial charge in [-0.1, -0.05) is 0 Å². The van der Waals surface area contributed by atoms with Crippen LogP contribution in [-0.4, -0.2) is 46.2 Å². The summed E-state index contributed by atoms with van der Waals surface area (Å²) in [5.41, 5.74) is 0.00323. The number of aliphatic carboxylic acids is 1. The topological polar surface area (TPSA) is 84.7 Å². The fourth-order valence-corrected chi connectivity index (χ4v) is 2.21. The number of ether oxygens (including phenoxy) is 1. The molecule has 1 aromatic heterocycles. The van der Waals surface area contributed by atoms with Crippen molar-refractivity contribution < 1.29 is 14.6 Å². The van der Waals surface area contributed by atoms with Crippen LogP contribution in [0.15, 0.2) is 17.1 Å². The number of morpholine rings is 1. The van der Waals surface area contributed by atoms with Gasteiger partial charge in [-0.15, -0.1) is 0 Å². The number of anilines is 1. The maximum absolute atomic E-state index is 12.0. The van der Waals surface area contributed by atoms with E-state index in [1.54, 1.807) is 0 Å². The van der Waals surface area contributed by atoms with Crippen molar-refractivity contribution >= 4 is 11.7 Å². The van der Waals surface area contributed by atoms with E-state index in [1.165, 1.54) is 19.2 Å². The quantitative estimate of drug-likeness (QED) is 0.868. The molecule has 20 heavy (non-hydrogen) atoms. The van der Waals surface area contributed by atoms with Crippen LogP contribution < -0.4 is 10.5 Å². The molecule has 1 saturated heterocycles. The highest BCUT2D eigenvalue weighted by Crippen LogP contribution is 2.21. The van der Waals surface area contributed by atoms with Gasteiger partial charge in [-0.2, -0.15) is 5.10 Å². The first kappa shape index (κ1) is 14.5. The zero-order chi connectivity index (χ0) is 14.9. The van der Waals surface area contributed by atoms with E-state index in [0.717, 1.165) is 4.68 Å². The zero-order valence-electron chi connectivity index (χ0n) is 11.9. The van der Waals surface area contributed by atoms with Crippen LogP contribution in [0.3, 0.4) is 0 Å². The Kier molecular flexibility index (Phi) is 3.80. The van der Waals surface area contributed by atoms with Crippen molar-refractivity contribution in [1.82, 2.24) is 9.78 Å². The predicted molar refractivity (Wildman–Crippen MR) is 73.1 cm³/mol. The average Bonchev–Trinajstić information content (AvgIpc) is 2.36. The number of carboxylic acid groups (broad SMARTS) is 1. The molecule has 7 heteroatoms. The lowest BCUT2D eigenvalue weighted by molar-refractivity contribution is -0.140. The molecule has 1 unspecified atom stereocenters. The first-order chi connectivity index (χ1) is 9.30. The third-order valence-corrected chi connectivity index (χ3v) is 3.33. The van der Waals surface area contributed by atoms with Crippen molar-refractivity contribution in [2.45, 2.75) is 32.4 Å². The molecule has 0 amide bonds. The maximum atomic E-state index is 12.0. The van der Waals surface area contributed by atoms with Gasteiger partial charge in [0.2, 0.25) is 0 Å². The van der Waals surface area contributed by atoms with Crippen LogP contribution in [-0.2, 0) is 9.53 Å². The summed E-state index contributed by atoms with van der Waals surface area (Å²) >= 11 is 0. The Morgan fingerprint density at radius 2 is 2.25 bits per heavy atom. The van der Waals surface area contributed by atoms with Gasteiger partial charge in [-0.25, -0.2) is 9.48 Å². The minimum absolute atomic E-state index is 0.276. The van der Waals surface area contributed by atoms with E-state index in [0.29, 0.717) is 25.4 Å². The molecule has 2 rings (SSSR count). The molecule has 0 aliphatic carbocycles. The molecule has 1 atom stereocenters. The van der Waals surface area contributed by atoms with Crippen LogP contribution in [0.25, 0.3) is 0 Å². The second-order valence-corrected chi connectivity index (χ2v) is 5.54. The molecule has 0 radical (unpaired) electrons. The van der Waals surface area contributed by atoms with Gasteiger partial charge in [0.25, 0.3) is 5.56 Å². The minimum atomic E-state index is -1.08. The van der Waals surface area contributed by atoms with Gasteiger partial charge in [-0.3, -0.25) is 4.79 Å². The Balaban J connectivity index is 2.25. The van der Waals surface area contributed by atoms with Gasteiger partial charge in [0.15, 0.2) is 6.04 Å². The number of hydrogen-bond acceptors (Lipinski definition) is 5. The highest BCUT2D eigenvalue weighted by Gasteiger charge is 2.28. The summed E-state index contributed by atoms with van der Waals surface area (Å²) in [7, 11) is 0. The van der Waals surface area contributed by atoms with E-state index < -0.39 is 17.6 Å². The van der Waals surface area contributed by atoms with E-state index in [9.17, 15) is 9.59 Å². The molecule has 1 aliphatic rings. The fraction of sp³-hybridized carbons (Fsp3) is 0.615. The number of carbonyl (C=O) groups is 1. The lowest BCUT2D eigenvalue weighted by Crippen LogP contribution is -2.48. The van der Waals surface area contributed by atoms with Gasteiger partial charge in [0.05, 0.1) is 24.1 Å². The van der Waals surface area contributed by atoms with Crippen molar-refractivity contribution in [2.24, 2.45) is 0 Å². The summed E-state index contributed by atoms with van der Waals surface area (Å²) in [5.74, 6) is -1.08. The van der Waals surface area contributed by atoms with Gasteiger partial charge in [0.1, 0.15) is 0 Å². The third kappa shape index (κ3) is 2.98. The zero-order valence-corrected chi connectivity index (χ0v) is 11.9. The SMILES string of the molecule is CC(C(=O)O)n1ncc(N2CCOC(C)(C)C2)cc1=O. The molecule has 2 heterocycles. The summed E-state index contributed by atoms with van der Waals surface area (Å²) in [6.45, 7) is 7.33. The lowest BCUT2D eigenvalue weighted by Gasteiger charge is -2.39. The molecule has 0 spiro atoms. The summed E-state index contributed by atoms with van der Waals surface area (Å²) in [4.78, 5) is 24.9. The van der Waals surface area contributed by atoms with Crippen LogP contribution in [0.2, 0.25) is 0 Å². The second kappa shape index (κ2) is 5.24. The van der Waals surface area contributed by atoms with E-state index in [1.807, 2.05) is 18.7 Å². The predicted octanol–water partition coefficient (Wildman–Crippen LogP) is 0.504. The highest BCUT2D eigenvalue weighted by molar-refractivity contribution is 5.71. The molecular weight excluding hydrogens is 262 g/mol. The molecule has 0 saturated carbocycles. The fourth-order valence-electron chi connectivity index (χ4n) is 2.21. The molecule has 1 aliphatic heterocycles. The molecule has 0 aromatic carbocycles. The van der Waals surface area contributed by atoms with Gasteiger partial charge < -0.3 is 14.7 Å². The summed E-state index contributed by atoms with van der Waals surface area (Å²) in [6.07, 6.45) is 1.53. The second-order valence-electron chi connectivity index (χ2n) is 5.54. The summed E-state index contributed by atoms with van der Waals surface area (Å²) in [5, 5.41) is 12.9. The Labute approximate surface area is 116 Å². The molecule has 110 valence electrons. The molecule has 1 N–H and O–H groups in total. The number of rotatable bonds is 3. The summed E-state index contributed by atoms with van der Waals surface area (Å²) in [6, 6.07) is 0.450. The molecular formula is C13H19N3O4. The summed E-state index contributed by atoms with van der Waals surface area (Å²) < 4.78 is 6.59. The van der Waals surface area contributed by atoms with E-state index in [-0.39, 0.29) is 5.60 Å². The number of nitrogens with zero attached hydrogens (tertiary/aromatic N) is 3. The largest absolute Gasteiger partial charge is 0.480 e. The van der Waals surface area contributed by atoms with Crippen molar-refractivity contribution in [3.05, 3.63) is 22.6 Å². The Hall–Kier alpha value is -1.89. The molecule has 1 fully saturated rings. The van der Waals surface area contributed by atoms with Crippen LogP contribution in [0.4, 0.5) is 5.69 Å². The average molecular weight is 281 g/mol. The van der Waals surface area contributed by atoms with Crippen LogP contribution >= 0.6 is 0 Å². The number of hydrogen-bond donors (Lipinski definition) is 1. The van der Waals surface area contributed by atoms with Crippen LogP contribution in [0.1, 0.15) is 26.8 Å². The van der Waals surface area contributed by atoms with Gasteiger partial charge in [-0.05, 0) is 20.8 Å². The first-order valence-corrected chi connectivity index (χ1v) is 6.51. The number of aromatic nitrogens is 2. The molecule has 7 nitrogen and oxygen atoms in total. The van der Waals surface area contributed by atoms with Crippen molar-refractivity contribution in [3.8, 4) is 0 Å². The van der Waals surface area contributed by atoms with Gasteiger partial charge in [0, 0.05) is 19.2 Å². The monoisotopic (exact) mass is 281 g/mol.